The van der Waals surface area contributed by atoms with E-state index in [9.17, 15) is 33.6 Å². The first-order chi connectivity index (χ1) is 25.1. The molecule has 3 aliphatic rings. The molecule has 3 aromatic rings. The highest BCUT2D eigenvalue weighted by Crippen LogP contribution is 2.42. The molecule has 17 nitrogen and oxygen atoms in total. The predicted octanol–water partition coefficient (Wildman–Crippen LogP) is 2.11. The third kappa shape index (κ3) is 6.91. The second-order valence-corrected chi connectivity index (χ2v) is 12.7. The van der Waals surface area contributed by atoms with Crippen molar-refractivity contribution in [3.05, 3.63) is 57.4 Å². The standard InChI is InChI=1S/C36H36N2O15/c1-7-36(53-20(6)43)24-12-26-29-21(13-38(26)33(44)23(24)14-47-35(36)45)11-22-25(37-29)9-8-10-27(22)51-34-32(50-19(5)42)31(49-18(4)41)30(48-17(3)40)28(52-34)15-46-16(2)39/h8-12,28,30-32,34H,7,13-15H2,1-6H3. The van der Waals surface area contributed by atoms with Crippen LogP contribution in [0.2, 0.25) is 0 Å². The van der Waals surface area contributed by atoms with Crippen molar-refractivity contribution in [2.75, 3.05) is 6.61 Å². The van der Waals surface area contributed by atoms with Crippen LogP contribution in [0.25, 0.3) is 22.3 Å². The van der Waals surface area contributed by atoms with Gasteiger partial charge in [-0.25, -0.2) is 9.78 Å². The fraction of sp³-hybridized carbons (Fsp3) is 0.444. The molecule has 0 bridgehead atoms. The summed E-state index contributed by atoms with van der Waals surface area (Å²) in [5.74, 6) is -4.34. The zero-order valence-corrected chi connectivity index (χ0v) is 29.6. The SMILES string of the molecule is CCC1(OC(C)=O)C(=O)OCc2c1cc1n(c2=O)Cc2cc3c(OC4OC(COC(C)=O)C(OC(C)=O)C(OC(C)=O)C4OC(C)=O)cccc3nc2-1. The number of carbonyl (C=O) groups excluding carboxylic acids is 6. The Balaban J connectivity index is 1.42. The molecular formula is C36H36N2O15. The maximum atomic E-state index is 13.9. The van der Waals surface area contributed by atoms with E-state index < -0.39 is 84.3 Å². The molecule has 2 aromatic heterocycles. The van der Waals surface area contributed by atoms with Crippen LogP contribution in [0.15, 0.2) is 35.1 Å². The quantitative estimate of drug-likeness (QED) is 0.178. The Bertz CT molecular complexity index is 2110. The average molecular weight is 737 g/mol. The van der Waals surface area contributed by atoms with Gasteiger partial charge in [0.15, 0.2) is 12.2 Å². The Labute approximate surface area is 301 Å². The molecule has 1 saturated heterocycles. The zero-order valence-electron chi connectivity index (χ0n) is 29.6. The minimum atomic E-state index is -1.81. The van der Waals surface area contributed by atoms with Crippen LogP contribution in [0.3, 0.4) is 0 Å². The van der Waals surface area contributed by atoms with Gasteiger partial charge >= 0.3 is 35.8 Å². The number of esters is 6. The number of ether oxygens (including phenoxy) is 8. The number of fused-ring (bicyclic) bond motifs is 5. The van der Waals surface area contributed by atoms with Gasteiger partial charge in [-0.1, -0.05) is 13.0 Å². The van der Waals surface area contributed by atoms with Crippen molar-refractivity contribution in [3.63, 3.8) is 0 Å². The monoisotopic (exact) mass is 736 g/mol. The summed E-state index contributed by atoms with van der Waals surface area (Å²) in [6, 6.07) is 8.31. The van der Waals surface area contributed by atoms with E-state index in [1.165, 1.54) is 18.4 Å². The number of hydrogen-bond acceptors (Lipinski definition) is 16. The van der Waals surface area contributed by atoms with Crippen LogP contribution in [0, 0.1) is 0 Å². The molecule has 6 unspecified atom stereocenters. The summed E-state index contributed by atoms with van der Waals surface area (Å²) in [5, 5.41) is 0.450. The molecule has 6 atom stereocenters. The molecule has 0 saturated carbocycles. The first-order valence-corrected chi connectivity index (χ1v) is 16.7. The Morgan fingerprint density at radius 2 is 1.57 bits per heavy atom. The molecule has 0 aliphatic carbocycles. The average Bonchev–Trinajstić information content (AvgIpc) is 3.44. The van der Waals surface area contributed by atoms with Crippen LogP contribution in [-0.4, -0.2) is 82.7 Å². The Kier molecular flexibility index (Phi) is 9.96. The van der Waals surface area contributed by atoms with Gasteiger partial charge in [0, 0.05) is 51.1 Å². The van der Waals surface area contributed by atoms with Gasteiger partial charge in [0.25, 0.3) is 5.56 Å². The number of pyridine rings is 2. The molecule has 17 heteroatoms. The van der Waals surface area contributed by atoms with Gasteiger partial charge in [0.1, 0.15) is 25.1 Å². The van der Waals surface area contributed by atoms with E-state index in [0.717, 1.165) is 20.8 Å². The van der Waals surface area contributed by atoms with Crippen molar-refractivity contribution in [3.8, 4) is 17.1 Å². The maximum absolute atomic E-state index is 13.9. The number of aromatic nitrogens is 2. The van der Waals surface area contributed by atoms with Gasteiger partial charge < -0.3 is 42.5 Å². The highest BCUT2D eigenvalue weighted by Gasteiger charge is 2.54. The maximum Gasteiger partial charge on any atom is 0.355 e. The van der Waals surface area contributed by atoms with Gasteiger partial charge in [0.05, 0.1) is 29.0 Å². The molecule has 0 spiro atoms. The van der Waals surface area contributed by atoms with Gasteiger partial charge in [-0.2, -0.15) is 0 Å². The third-order valence-corrected chi connectivity index (χ3v) is 8.99. The van der Waals surface area contributed by atoms with Crippen molar-refractivity contribution < 1.29 is 66.7 Å². The second-order valence-electron chi connectivity index (χ2n) is 12.7. The van der Waals surface area contributed by atoms with E-state index in [-0.39, 0.29) is 36.4 Å². The summed E-state index contributed by atoms with van der Waals surface area (Å²) in [6.07, 6.45) is -6.98. The second kappa shape index (κ2) is 14.3. The van der Waals surface area contributed by atoms with Crippen LogP contribution in [-0.2, 0) is 80.7 Å². The van der Waals surface area contributed by atoms with Crippen molar-refractivity contribution in [1.29, 1.82) is 0 Å². The number of rotatable bonds is 9. The predicted molar refractivity (Wildman–Crippen MR) is 177 cm³/mol. The molecular weight excluding hydrogens is 700 g/mol. The van der Waals surface area contributed by atoms with E-state index in [1.54, 1.807) is 37.3 Å². The van der Waals surface area contributed by atoms with Crippen molar-refractivity contribution in [2.24, 2.45) is 0 Å². The zero-order chi connectivity index (χ0) is 38.4. The minimum absolute atomic E-state index is 0.0270. The summed E-state index contributed by atoms with van der Waals surface area (Å²) < 4.78 is 46.4. The highest BCUT2D eigenvalue weighted by atomic mass is 16.7. The smallest absolute Gasteiger partial charge is 0.355 e. The summed E-state index contributed by atoms with van der Waals surface area (Å²) in [4.78, 5) is 92.3. The van der Waals surface area contributed by atoms with Crippen LogP contribution in [0.1, 0.15) is 64.7 Å². The molecule has 1 aromatic carbocycles. The topological polar surface area (TPSA) is 211 Å². The number of hydrogen-bond donors (Lipinski definition) is 0. The molecule has 6 rings (SSSR count). The first kappa shape index (κ1) is 36.9. The van der Waals surface area contributed by atoms with E-state index in [2.05, 4.69) is 0 Å². The van der Waals surface area contributed by atoms with Crippen molar-refractivity contribution in [2.45, 2.75) is 97.4 Å². The summed E-state index contributed by atoms with van der Waals surface area (Å²) in [7, 11) is 0. The molecule has 280 valence electrons. The number of carbonyl (C=O) groups is 6. The van der Waals surface area contributed by atoms with Crippen molar-refractivity contribution >= 4 is 46.7 Å². The fourth-order valence-electron chi connectivity index (χ4n) is 6.89. The lowest BCUT2D eigenvalue weighted by Gasteiger charge is -2.44. The molecule has 0 N–H and O–H groups in total. The normalized spacial score (nSPS) is 24.1. The van der Waals surface area contributed by atoms with Crippen molar-refractivity contribution in [1.82, 2.24) is 9.55 Å². The van der Waals surface area contributed by atoms with Gasteiger partial charge in [-0.3, -0.25) is 28.8 Å². The van der Waals surface area contributed by atoms with Gasteiger partial charge in [-0.05, 0) is 30.7 Å². The van der Waals surface area contributed by atoms with Crippen LogP contribution in [0.4, 0.5) is 0 Å². The highest BCUT2D eigenvalue weighted by molar-refractivity contribution is 5.90. The molecule has 0 radical (unpaired) electrons. The summed E-state index contributed by atoms with van der Waals surface area (Å²) in [6.45, 7) is 6.70. The number of nitrogens with zero attached hydrogens (tertiary/aromatic N) is 2. The van der Waals surface area contributed by atoms with Crippen LogP contribution < -0.4 is 10.3 Å². The molecule has 3 aliphatic heterocycles. The minimum Gasteiger partial charge on any atom is -0.463 e. The largest absolute Gasteiger partial charge is 0.463 e. The van der Waals surface area contributed by atoms with Gasteiger partial charge in [-0.15, -0.1) is 0 Å². The van der Waals surface area contributed by atoms with Crippen LogP contribution >= 0.6 is 0 Å². The van der Waals surface area contributed by atoms with Gasteiger partial charge in [0.2, 0.25) is 18.0 Å². The number of benzene rings is 1. The molecule has 5 heterocycles. The fourth-order valence-corrected chi connectivity index (χ4v) is 6.89. The van der Waals surface area contributed by atoms with E-state index in [0.29, 0.717) is 27.9 Å². The summed E-state index contributed by atoms with van der Waals surface area (Å²) in [5.41, 5.74) is 0.0255. The lowest BCUT2D eigenvalue weighted by atomic mass is 9.85. The Morgan fingerprint density at radius 3 is 2.21 bits per heavy atom. The molecule has 0 amide bonds. The molecule has 1 fully saturated rings. The number of cyclic esters (lactones) is 1. The lowest BCUT2D eigenvalue weighted by Crippen LogP contribution is -2.63. The summed E-state index contributed by atoms with van der Waals surface area (Å²) >= 11 is 0. The van der Waals surface area contributed by atoms with Crippen LogP contribution in [0.5, 0.6) is 5.75 Å². The molecule has 53 heavy (non-hydrogen) atoms. The lowest BCUT2D eigenvalue weighted by molar-refractivity contribution is -0.288. The van der Waals surface area contributed by atoms with E-state index in [4.69, 9.17) is 42.9 Å². The Morgan fingerprint density at radius 1 is 0.887 bits per heavy atom. The van der Waals surface area contributed by atoms with E-state index >= 15 is 0 Å². The van der Waals surface area contributed by atoms with E-state index in [1.807, 2.05) is 0 Å². The Hall–Kier alpha value is -5.84. The third-order valence-electron chi connectivity index (χ3n) is 8.99. The first-order valence-electron chi connectivity index (χ1n) is 16.7.